The largest absolute Gasteiger partial charge is 0.507 e. The van der Waals surface area contributed by atoms with Crippen LogP contribution in [0.15, 0.2) is 42.0 Å². The molecule has 182 valence electrons. The van der Waals surface area contributed by atoms with Crippen LogP contribution >= 0.6 is 0 Å². The summed E-state index contributed by atoms with van der Waals surface area (Å²) in [5, 5.41) is 11.1. The van der Waals surface area contributed by atoms with Crippen molar-refractivity contribution in [2.24, 2.45) is 0 Å². The van der Waals surface area contributed by atoms with Gasteiger partial charge in [-0.1, -0.05) is 0 Å². The maximum absolute atomic E-state index is 13.4. The van der Waals surface area contributed by atoms with E-state index in [4.69, 9.17) is 14.2 Å². The van der Waals surface area contributed by atoms with E-state index in [-0.39, 0.29) is 23.4 Å². The maximum Gasteiger partial charge on any atom is 0.295 e. The zero-order valence-electron chi connectivity index (χ0n) is 19.9. The molecule has 1 heterocycles. The Kier molecular flexibility index (Phi) is 7.78. The highest BCUT2D eigenvalue weighted by molar-refractivity contribution is 6.46. The summed E-state index contributed by atoms with van der Waals surface area (Å²) in [6.07, 6.45) is 0.609. The minimum atomic E-state index is -0.902. The second kappa shape index (κ2) is 10.6. The fourth-order valence-corrected chi connectivity index (χ4v) is 4.04. The van der Waals surface area contributed by atoms with Crippen LogP contribution < -0.4 is 14.2 Å². The van der Waals surface area contributed by atoms with Gasteiger partial charge in [0.1, 0.15) is 11.6 Å². The van der Waals surface area contributed by atoms with E-state index in [1.54, 1.807) is 12.1 Å². The van der Waals surface area contributed by atoms with E-state index in [1.165, 1.54) is 50.5 Å². The molecule has 34 heavy (non-hydrogen) atoms. The maximum atomic E-state index is 13.4. The molecule has 1 aliphatic rings. The lowest BCUT2D eigenvalue weighted by atomic mass is 9.94. The number of ketones is 1. The Balaban J connectivity index is 2.21. The van der Waals surface area contributed by atoms with E-state index in [2.05, 4.69) is 0 Å². The van der Waals surface area contributed by atoms with Gasteiger partial charge >= 0.3 is 0 Å². The highest BCUT2D eigenvalue weighted by Gasteiger charge is 2.46. The molecule has 0 aliphatic carbocycles. The lowest BCUT2D eigenvalue weighted by Crippen LogP contribution is -2.32. The standard InChI is InChI=1S/C25H29FN2O6/c1-27(2)11-6-12-28-21(16-13-18(32-3)24(34-5)19(14-16)33-4)20(23(30)25(28)31)22(29)15-7-9-17(26)10-8-15/h7-10,13-14,21,29H,6,11-12H2,1-5H3/b22-20+/t21-/m1/s1. The van der Waals surface area contributed by atoms with Crippen LogP contribution in [-0.2, 0) is 9.59 Å². The first-order valence-corrected chi connectivity index (χ1v) is 10.7. The van der Waals surface area contributed by atoms with Crippen LogP contribution in [0, 0.1) is 5.82 Å². The van der Waals surface area contributed by atoms with Crippen LogP contribution in [0.1, 0.15) is 23.6 Å². The Hall–Kier alpha value is -3.59. The molecule has 1 N–H and O–H groups in total. The summed E-state index contributed by atoms with van der Waals surface area (Å²) in [5.41, 5.74) is 0.642. The van der Waals surface area contributed by atoms with E-state index in [1.807, 2.05) is 19.0 Å². The monoisotopic (exact) mass is 472 g/mol. The van der Waals surface area contributed by atoms with Gasteiger partial charge in [-0.3, -0.25) is 9.59 Å². The lowest BCUT2D eigenvalue weighted by Gasteiger charge is -2.27. The first-order chi connectivity index (χ1) is 16.2. The number of carbonyl (C=O) groups is 2. The summed E-state index contributed by atoms with van der Waals surface area (Å²) < 4.78 is 29.7. The van der Waals surface area contributed by atoms with Gasteiger partial charge in [-0.05, 0) is 69.0 Å². The van der Waals surface area contributed by atoms with Crippen molar-refractivity contribution in [3.8, 4) is 17.2 Å². The van der Waals surface area contributed by atoms with Crippen molar-refractivity contribution in [1.29, 1.82) is 0 Å². The third-order valence-electron chi connectivity index (χ3n) is 5.66. The summed E-state index contributed by atoms with van der Waals surface area (Å²) in [6, 6.07) is 7.46. The molecular weight excluding hydrogens is 443 g/mol. The number of rotatable bonds is 9. The molecule has 0 saturated carbocycles. The number of amides is 1. The predicted octanol–water partition coefficient (Wildman–Crippen LogP) is 3.22. The Morgan fingerprint density at radius 2 is 1.62 bits per heavy atom. The fourth-order valence-electron chi connectivity index (χ4n) is 4.04. The first-order valence-electron chi connectivity index (χ1n) is 10.7. The quantitative estimate of drug-likeness (QED) is 0.341. The zero-order valence-corrected chi connectivity index (χ0v) is 19.9. The number of methoxy groups -OCH3 is 3. The number of benzene rings is 2. The van der Waals surface area contributed by atoms with Gasteiger partial charge in [0, 0.05) is 12.1 Å². The van der Waals surface area contributed by atoms with Crippen molar-refractivity contribution in [2.45, 2.75) is 12.5 Å². The molecule has 1 aliphatic heterocycles. The molecule has 9 heteroatoms. The minimum absolute atomic E-state index is 0.0873. The number of nitrogens with zero attached hydrogens (tertiary/aromatic N) is 2. The molecule has 0 unspecified atom stereocenters. The van der Waals surface area contributed by atoms with E-state index in [0.29, 0.717) is 35.8 Å². The summed E-state index contributed by atoms with van der Waals surface area (Å²) in [7, 11) is 8.24. The molecule has 0 spiro atoms. The van der Waals surface area contributed by atoms with Gasteiger partial charge in [0.2, 0.25) is 5.75 Å². The highest BCUT2D eigenvalue weighted by Crippen LogP contribution is 2.45. The number of carbonyl (C=O) groups excluding carboxylic acids is 2. The van der Waals surface area contributed by atoms with Crippen LogP contribution in [0.25, 0.3) is 5.76 Å². The predicted molar refractivity (Wildman–Crippen MR) is 125 cm³/mol. The van der Waals surface area contributed by atoms with E-state index < -0.39 is 23.5 Å². The normalized spacial score (nSPS) is 17.4. The Morgan fingerprint density at radius 1 is 1.03 bits per heavy atom. The zero-order chi connectivity index (χ0) is 25.0. The summed E-state index contributed by atoms with van der Waals surface area (Å²) in [5.74, 6) is -1.35. The summed E-state index contributed by atoms with van der Waals surface area (Å²) in [4.78, 5) is 29.6. The van der Waals surface area contributed by atoms with Gasteiger partial charge in [-0.15, -0.1) is 0 Å². The second-order valence-electron chi connectivity index (χ2n) is 8.11. The van der Waals surface area contributed by atoms with Crippen LogP contribution in [0.4, 0.5) is 4.39 Å². The number of likely N-dealkylation sites (tertiary alicyclic amines) is 1. The smallest absolute Gasteiger partial charge is 0.295 e. The number of aliphatic hydroxyl groups is 1. The SMILES string of the molecule is COc1cc([C@@H]2/C(=C(\O)c3ccc(F)cc3)C(=O)C(=O)N2CCCN(C)C)cc(OC)c1OC. The number of aliphatic hydroxyl groups excluding tert-OH is 1. The van der Waals surface area contributed by atoms with Gasteiger partial charge in [0.25, 0.3) is 11.7 Å². The van der Waals surface area contributed by atoms with Crippen molar-refractivity contribution in [1.82, 2.24) is 9.80 Å². The lowest BCUT2D eigenvalue weighted by molar-refractivity contribution is -0.139. The van der Waals surface area contributed by atoms with Crippen LogP contribution in [0.2, 0.25) is 0 Å². The van der Waals surface area contributed by atoms with Gasteiger partial charge in [0.05, 0.1) is 32.9 Å². The highest BCUT2D eigenvalue weighted by atomic mass is 19.1. The minimum Gasteiger partial charge on any atom is -0.507 e. The average molecular weight is 473 g/mol. The number of hydrogen-bond donors (Lipinski definition) is 1. The molecule has 3 rings (SSSR count). The molecule has 1 saturated heterocycles. The molecule has 1 atom stereocenters. The van der Waals surface area contributed by atoms with Gasteiger partial charge in [0.15, 0.2) is 11.5 Å². The van der Waals surface area contributed by atoms with Crippen molar-refractivity contribution < 1.29 is 33.3 Å². The van der Waals surface area contributed by atoms with Crippen molar-refractivity contribution in [2.75, 3.05) is 48.5 Å². The Labute approximate surface area is 198 Å². The van der Waals surface area contributed by atoms with Crippen LogP contribution in [0.5, 0.6) is 17.2 Å². The fraction of sp³-hybridized carbons (Fsp3) is 0.360. The molecule has 8 nitrogen and oxygen atoms in total. The third-order valence-corrected chi connectivity index (χ3v) is 5.66. The number of ether oxygens (including phenoxy) is 3. The molecule has 2 aromatic rings. The van der Waals surface area contributed by atoms with Crippen molar-refractivity contribution >= 4 is 17.4 Å². The molecular formula is C25H29FN2O6. The average Bonchev–Trinajstić information content (AvgIpc) is 3.07. The van der Waals surface area contributed by atoms with E-state index >= 15 is 0 Å². The van der Waals surface area contributed by atoms with Crippen LogP contribution in [-0.4, -0.2) is 75.1 Å². The van der Waals surface area contributed by atoms with E-state index in [9.17, 15) is 19.1 Å². The molecule has 0 aromatic heterocycles. The van der Waals surface area contributed by atoms with Crippen molar-refractivity contribution in [3.05, 3.63) is 58.9 Å². The topological polar surface area (TPSA) is 88.5 Å². The Morgan fingerprint density at radius 3 is 2.12 bits per heavy atom. The third kappa shape index (κ3) is 4.84. The molecule has 0 bridgehead atoms. The summed E-state index contributed by atoms with van der Waals surface area (Å²) in [6.45, 7) is 0.979. The summed E-state index contributed by atoms with van der Waals surface area (Å²) >= 11 is 0. The van der Waals surface area contributed by atoms with Gasteiger partial charge in [-0.25, -0.2) is 4.39 Å². The molecule has 1 fully saturated rings. The van der Waals surface area contributed by atoms with E-state index in [0.717, 1.165) is 0 Å². The number of halogens is 1. The first kappa shape index (κ1) is 25.0. The molecule has 1 amide bonds. The second-order valence-corrected chi connectivity index (χ2v) is 8.11. The molecule has 2 aromatic carbocycles. The van der Waals surface area contributed by atoms with Crippen molar-refractivity contribution in [3.63, 3.8) is 0 Å². The molecule has 0 radical (unpaired) electrons. The van der Waals surface area contributed by atoms with Gasteiger partial charge in [-0.2, -0.15) is 0 Å². The number of Topliss-reactive ketones (excluding diaryl/α,β-unsaturated/α-hetero) is 1. The van der Waals surface area contributed by atoms with Gasteiger partial charge < -0.3 is 29.1 Å². The van der Waals surface area contributed by atoms with Crippen LogP contribution in [0.3, 0.4) is 0 Å². The number of hydrogen-bond acceptors (Lipinski definition) is 7. The Bertz CT molecular complexity index is 1070.